The van der Waals surface area contributed by atoms with Gasteiger partial charge in [0.25, 0.3) is 5.91 Å². The van der Waals surface area contributed by atoms with Crippen LogP contribution in [0.5, 0.6) is 11.5 Å². The van der Waals surface area contributed by atoms with Crippen molar-refractivity contribution in [3.05, 3.63) is 93.0 Å². The molecule has 0 saturated carbocycles. The lowest BCUT2D eigenvalue weighted by Crippen LogP contribution is -2.14. The van der Waals surface area contributed by atoms with E-state index in [4.69, 9.17) is 32.7 Å². The van der Waals surface area contributed by atoms with Gasteiger partial charge in [-0.2, -0.15) is 5.26 Å². The zero-order valence-electron chi connectivity index (χ0n) is 17.5. The first kappa shape index (κ1) is 23.2. The number of carbonyl (C=O) groups excluding carboxylic acids is 1. The summed E-state index contributed by atoms with van der Waals surface area (Å²) in [5, 5.41) is 13.4. The summed E-state index contributed by atoms with van der Waals surface area (Å²) in [5.41, 5.74) is 2.69. The minimum absolute atomic E-state index is 0.108. The highest BCUT2D eigenvalue weighted by Crippen LogP contribution is 2.28. The monoisotopic (exact) mass is 466 g/mol. The van der Waals surface area contributed by atoms with E-state index < -0.39 is 5.91 Å². The van der Waals surface area contributed by atoms with Crippen LogP contribution in [0.2, 0.25) is 10.0 Å². The number of halogens is 2. The van der Waals surface area contributed by atoms with Gasteiger partial charge in [0.1, 0.15) is 29.7 Å². The summed E-state index contributed by atoms with van der Waals surface area (Å²) in [5.74, 6) is 0.398. The lowest BCUT2D eigenvalue weighted by molar-refractivity contribution is -0.112. The molecule has 0 aliphatic heterocycles. The molecule has 7 heteroatoms. The van der Waals surface area contributed by atoms with Gasteiger partial charge >= 0.3 is 0 Å². The molecule has 1 amide bonds. The Hall–Kier alpha value is -3.46. The van der Waals surface area contributed by atoms with E-state index in [1.54, 1.807) is 42.5 Å². The third kappa shape index (κ3) is 6.04. The number of methoxy groups -OCH3 is 1. The van der Waals surface area contributed by atoms with E-state index in [1.165, 1.54) is 13.2 Å². The highest BCUT2D eigenvalue weighted by Gasteiger charge is 2.14. The average molecular weight is 467 g/mol. The van der Waals surface area contributed by atoms with E-state index in [0.29, 0.717) is 32.8 Å². The molecule has 0 spiro atoms. The van der Waals surface area contributed by atoms with Crippen molar-refractivity contribution in [1.82, 2.24) is 0 Å². The SMILES string of the molecule is COc1ccc(C)cc1NC(=O)/C(C#N)=C/c1cc(Cl)ccc1OCc1cccc(Cl)c1. The molecule has 0 heterocycles. The summed E-state index contributed by atoms with van der Waals surface area (Å²) >= 11 is 12.2. The fourth-order valence-corrected chi connectivity index (χ4v) is 3.36. The molecule has 0 unspecified atom stereocenters. The van der Waals surface area contributed by atoms with Gasteiger partial charge in [-0.1, -0.05) is 41.4 Å². The Labute approximate surface area is 196 Å². The van der Waals surface area contributed by atoms with Gasteiger partial charge in [-0.15, -0.1) is 0 Å². The van der Waals surface area contributed by atoms with E-state index >= 15 is 0 Å². The second-order valence-electron chi connectivity index (χ2n) is 6.93. The van der Waals surface area contributed by atoms with Gasteiger partial charge in [-0.05, 0) is 66.6 Å². The Kier molecular flexibility index (Phi) is 7.77. The fraction of sp³-hybridized carbons (Fsp3) is 0.120. The number of amides is 1. The van der Waals surface area contributed by atoms with E-state index in [0.717, 1.165) is 11.1 Å². The quantitative estimate of drug-likeness (QED) is 0.321. The third-order valence-corrected chi connectivity index (χ3v) is 4.99. The summed E-state index contributed by atoms with van der Waals surface area (Å²) in [6.07, 6.45) is 1.44. The van der Waals surface area contributed by atoms with Crippen molar-refractivity contribution in [1.29, 1.82) is 5.26 Å². The third-order valence-electron chi connectivity index (χ3n) is 4.52. The van der Waals surface area contributed by atoms with Crippen LogP contribution in [0.4, 0.5) is 5.69 Å². The van der Waals surface area contributed by atoms with Crippen molar-refractivity contribution in [3.63, 3.8) is 0 Å². The highest BCUT2D eigenvalue weighted by atomic mass is 35.5. The van der Waals surface area contributed by atoms with Crippen molar-refractivity contribution >= 4 is 40.9 Å². The second-order valence-corrected chi connectivity index (χ2v) is 7.80. The predicted octanol–water partition coefficient (Wildman–Crippen LogP) is 6.44. The molecule has 0 aromatic heterocycles. The summed E-state index contributed by atoms with van der Waals surface area (Å²) in [7, 11) is 1.51. The largest absolute Gasteiger partial charge is 0.495 e. The number of nitriles is 1. The zero-order chi connectivity index (χ0) is 23.1. The first-order valence-corrected chi connectivity index (χ1v) is 10.4. The van der Waals surface area contributed by atoms with Crippen LogP contribution in [0.25, 0.3) is 6.08 Å². The molecule has 0 radical (unpaired) electrons. The van der Waals surface area contributed by atoms with E-state index in [2.05, 4.69) is 5.32 Å². The number of nitrogens with zero attached hydrogens (tertiary/aromatic N) is 1. The van der Waals surface area contributed by atoms with Gasteiger partial charge in [0, 0.05) is 15.6 Å². The number of rotatable bonds is 7. The van der Waals surface area contributed by atoms with Crippen LogP contribution in [0.3, 0.4) is 0 Å². The van der Waals surface area contributed by atoms with Gasteiger partial charge in [-0.3, -0.25) is 4.79 Å². The van der Waals surface area contributed by atoms with Gasteiger partial charge in [0.05, 0.1) is 12.8 Å². The smallest absolute Gasteiger partial charge is 0.266 e. The first-order chi connectivity index (χ1) is 15.4. The van der Waals surface area contributed by atoms with Crippen LogP contribution < -0.4 is 14.8 Å². The van der Waals surface area contributed by atoms with Crippen molar-refractivity contribution < 1.29 is 14.3 Å². The van der Waals surface area contributed by atoms with Crippen LogP contribution in [-0.2, 0) is 11.4 Å². The molecule has 0 aliphatic carbocycles. The maximum absolute atomic E-state index is 12.8. The normalized spacial score (nSPS) is 10.9. The summed E-state index contributed by atoms with van der Waals surface area (Å²) < 4.78 is 11.2. The molecule has 0 aliphatic rings. The minimum Gasteiger partial charge on any atom is -0.495 e. The number of anilines is 1. The number of nitrogens with one attached hydrogen (secondary N) is 1. The van der Waals surface area contributed by atoms with E-state index in [9.17, 15) is 10.1 Å². The average Bonchev–Trinajstić information content (AvgIpc) is 2.77. The molecule has 1 N–H and O–H groups in total. The Balaban J connectivity index is 1.86. The van der Waals surface area contributed by atoms with Crippen molar-refractivity contribution in [2.75, 3.05) is 12.4 Å². The number of aryl methyl sites for hydroxylation is 1. The molecule has 162 valence electrons. The van der Waals surface area contributed by atoms with Crippen LogP contribution >= 0.6 is 23.2 Å². The summed E-state index contributed by atoms with van der Waals surface area (Å²) in [4.78, 5) is 12.8. The highest BCUT2D eigenvalue weighted by molar-refractivity contribution is 6.31. The second kappa shape index (κ2) is 10.7. The number of hydrogen-bond donors (Lipinski definition) is 1. The molecular weight excluding hydrogens is 447 g/mol. The van der Waals surface area contributed by atoms with Gasteiger partial charge < -0.3 is 14.8 Å². The molecule has 3 rings (SSSR count). The predicted molar refractivity (Wildman–Crippen MR) is 127 cm³/mol. The number of hydrogen-bond acceptors (Lipinski definition) is 4. The van der Waals surface area contributed by atoms with Crippen molar-refractivity contribution in [2.24, 2.45) is 0 Å². The Morgan fingerprint density at radius 2 is 1.81 bits per heavy atom. The number of ether oxygens (including phenoxy) is 2. The fourth-order valence-electron chi connectivity index (χ4n) is 2.96. The Morgan fingerprint density at radius 3 is 2.53 bits per heavy atom. The molecule has 0 bridgehead atoms. The lowest BCUT2D eigenvalue weighted by Gasteiger charge is -2.12. The molecule has 3 aromatic rings. The van der Waals surface area contributed by atoms with Crippen molar-refractivity contribution in [3.8, 4) is 17.6 Å². The summed E-state index contributed by atoms with van der Waals surface area (Å²) in [6, 6.07) is 19.6. The molecule has 0 fully saturated rings. The lowest BCUT2D eigenvalue weighted by atomic mass is 10.1. The maximum atomic E-state index is 12.8. The molecule has 0 saturated heterocycles. The van der Waals surface area contributed by atoms with E-state index in [1.807, 2.05) is 31.2 Å². The molecule has 3 aromatic carbocycles. The molecule has 0 atom stereocenters. The van der Waals surface area contributed by atoms with Crippen LogP contribution in [0, 0.1) is 18.3 Å². The van der Waals surface area contributed by atoms with Crippen LogP contribution in [0.15, 0.2) is 66.2 Å². The van der Waals surface area contributed by atoms with Crippen molar-refractivity contribution in [2.45, 2.75) is 13.5 Å². The standard InChI is InChI=1S/C25H20Cl2N2O3/c1-16-6-8-24(31-2)22(10-16)29-25(30)19(14-28)12-18-13-21(27)7-9-23(18)32-15-17-4-3-5-20(26)11-17/h3-13H,15H2,1-2H3,(H,29,30)/b19-12+. The van der Waals surface area contributed by atoms with Crippen LogP contribution in [0.1, 0.15) is 16.7 Å². The Morgan fingerprint density at radius 1 is 1.06 bits per heavy atom. The number of carbonyl (C=O) groups is 1. The van der Waals surface area contributed by atoms with E-state index in [-0.39, 0.29) is 12.2 Å². The molecule has 32 heavy (non-hydrogen) atoms. The molecular formula is C25H20Cl2N2O3. The summed E-state index contributed by atoms with van der Waals surface area (Å²) in [6.45, 7) is 2.16. The first-order valence-electron chi connectivity index (χ1n) is 9.64. The van der Waals surface area contributed by atoms with Gasteiger partial charge in [0.15, 0.2) is 0 Å². The van der Waals surface area contributed by atoms with Gasteiger partial charge in [0.2, 0.25) is 0 Å². The Bertz CT molecular complexity index is 1220. The van der Waals surface area contributed by atoms with Gasteiger partial charge in [-0.25, -0.2) is 0 Å². The van der Waals surface area contributed by atoms with Crippen LogP contribution in [-0.4, -0.2) is 13.0 Å². The number of benzene rings is 3. The maximum Gasteiger partial charge on any atom is 0.266 e. The minimum atomic E-state index is -0.572. The topological polar surface area (TPSA) is 71.3 Å². The zero-order valence-corrected chi connectivity index (χ0v) is 19.0. The molecule has 5 nitrogen and oxygen atoms in total.